The van der Waals surface area contributed by atoms with Crippen molar-refractivity contribution in [1.29, 1.82) is 0 Å². The van der Waals surface area contributed by atoms with Crippen molar-refractivity contribution in [2.45, 2.75) is 0 Å². The van der Waals surface area contributed by atoms with Crippen LogP contribution in [0.4, 0.5) is 11.4 Å². The highest BCUT2D eigenvalue weighted by molar-refractivity contribution is 5.53. The van der Waals surface area contributed by atoms with Crippen molar-refractivity contribution in [2.24, 2.45) is 7.05 Å². The summed E-state index contributed by atoms with van der Waals surface area (Å²) >= 11 is 0. The van der Waals surface area contributed by atoms with E-state index in [1.165, 1.54) is 29.2 Å². The van der Waals surface area contributed by atoms with Crippen molar-refractivity contribution in [3.05, 3.63) is 34.6 Å². The number of benzene rings is 1. The smallest absolute Gasteiger partial charge is 0.340 e. The Labute approximate surface area is 95.8 Å². The van der Waals surface area contributed by atoms with Crippen LogP contribution in [0.5, 0.6) is 11.8 Å². The van der Waals surface area contributed by atoms with Gasteiger partial charge in [-0.05, 0) is 0 Å². The average Bonchev–Trinajstić information content (AvgIpc) is 2.63. The molecule has 8 heteroatoms. The van der Waals surface area contributed by atoms with Crippen LogP contribution in [0.15, 0.2) is 24.5 Å². The van der Waals surface area contributed by atoms with Gasteiger partial charge in [-0.1, -0.05) is 0 Å². The van der Waals surface area contributed by atoms with Crippen LogP contribution in [-0.2, 0) is 7.05 Å². The highest BCUT2D eigenvalue weighted by Crippen LogP contribution is 2.26. The molecule has 0 amide bonds. The molecule has 0 aliphatic heterocycles. The van der Waals surface area contributed by atoms with Crippen molar-refractivity contribution in [3.8, 4) is 11.8 Å². The van der Waals surface area contributed by atoms with E-state index in [2.05, 4.69) is 10.1 Å². The van der Waals surface area contributed by atoms with Gasteiger partial charge in [0, 0.05) is 24.9 Å². The second kappa shape index (κ2) is 4.08. The maximum atomic E-state index is 10.6. The van der Waals surface area contributed by atoms with Crippen LogP contribution < -0.4 is 10.5 Å². The molecule has 1 heterocycles. The molecule has 1 aromatic heterocycles. The summed E-state index contributed by atoms with van der Waals surface area (Å²) in [5.74, 6) is 0.225. The minimum Gasteiger partial charge on any atom is -0.423 e. The van der Waals surface area contributed by atoms with Gasteiger partial charge in [-0.2, -0.15) is 4.98 Å². The topological polar surface area (TPSA) is 109 Å². The SMILES string of the molecule is Cn1cnc(Oc2cc(N)cc([N+](=O)[O-])c2)n1. The summed E-state index contributed by atoms with van der Waals surface area (Å²) in [6.07, 6.45) is 1.45. The van der Waals surface area contributed by atoms with E-state index in [4.69, 9.17) is 10.5 Å². The van der Waals surface area contributed by atoms with Gasteiger partial charge >= 0.3 is 6.01 Å². The highest BCUT2D eigenvalue weighted by atomic mass is 16.6. The molecule has 88 valence electrons. The Hall–Kier alpha value is -2.64. The van der Waals surface area contributed by atoms with Gasteiger partial charge in [0.25, 0.3) is 5.69 Å². The third kappa shape index (κ3) is 2.48. The van der Waals surface area contributed by atoms with Crippen LogP contribution in [0.3, 0.4) is 0 Å². The first-order valence-electron chi connectivity index (χ1n) is 4.63. The minimum absolute atomic E-state index is 0.104. The number of non-ortho nitro benzene ring substituents is 1. The van der Waals surface area contributed by atoms with Crippen LogP contribution in [-0.4, -0.2) is 19.7 Å². The Balaban J connectivity index is 2.29. The summed E-state index contributed by atoms with van der Waals surface area (Å²) in [5.41, 5.74) is 5.62. The lowest BCUT2D eigenvalue weighted by atomic mass is 10.2. The molecule has 0 aliphatic carbocycles. The second-order valence-corrected chi connectivity index (χ2v) is 3.32. The quantitative estimate of drug-likeness (QED) is 0.484. The van der Waals surface area contributed by atoms with Gasteiger partial charge in [0.2, 0.25) is 0 Å². The van der Waals surface area contributed by atoms with Crippen molar-refractivity contribution >= 4 is 11.4 Å². The van der Waals surface area contributed by atoms with Crippen molar-refractivity contribution in [1.82, 2.24) is 14.8 Å². The molecule has 8 nitrogen and oxygen atoms in total. The Bertz CT molecular complexity index is 566. The highest BCUT2D eigenvalue weighted by Gasteiger charge is 2.11. The third-order valence-corrected chi connectivity index (χ3v) is 1.91. The van der Waals surface area contributed by atoms with Crippen LogP contribution in [0.2, 0.25) is 0 Å². The molecule has 17 heavy (non-hydrogen) atoms. The van der Waals surface area contributed by atoms with Crippen molar-refractivity contribution < 1.29 is 9.66 Å². The zero-order valence-electron chi connectivity index (χ0n) is 8.90. The van der Waals surface area contributed by atoms with Crippen LogP contribution in [0.1, 0.15) is 0 Å². The average molecular weight is 235 g/mol. The number of nitrogens with zero attached hydrogens (tertiary/aromatic N) is 4. The van der Waals surface area contributed by atoms with Gasteiger partial charge in [0.15, 0.2) is 0 Å². The standard InChI is InChI=1S/C9H9N5O3/c1-13-5-11-9(12-13)17-8-3-6(10)2-7(4-8)14(15)16/h2-5H,10H2,1H3. The van der Waals surface area contributed by atoms with Crippen molar-refractivity contribution in [2.75, 3.05) is 5.73 Å². The summed E-state index contributed by atoms with van der Waals surface area (Å²) in [6.45, 7) is 0. The van der Waals surface area contributed by atoms with Crippen molar-refractivity contribution in [3.63, 3.8) is 0 Å². The zero-order valence-corrected chi connectivity index (χ0v) is 8.90. The largest absolute Gasteiger partial charge is 0.423 e. The third-order valence-electron chi connectivity index (χ3n) is 1.91. The number of aryl methyl sites for hydroxylation is 1. The normalized spacial score (nSPS) is 10.2. The number of nitrogens with two attached hydrogens (primary N) is 1. The molecule has 2 rings (SSSR count). The number of ether oxygens (including phenoxy) is 1. The predicted molar refractivity (Wildman–Crippen MR) is 58.6 cm³/mol. The molecular formula is C9H9N5O3. The Kier molecular flexibility index (Phi) is 2.61. The van der Waals surface area contributed by atoms with Crippen LogP contribution in [0.25, 0.3) is 0 Å². The maximum Gasteiger partial charge on any atom is 0.340 e. The molecule has 1 aromatic carbocycles. The number of nitrogen functional groups attached to an aromatic ring is 1. The first-order valence-corrected chi connectivity index (χ1v) is 4.63. The van der Waals surface area contributed by atoms with Crippen LogP contribution >= 0.6 is 0 Å². The lowest BCUT2D eigenvalue weighted by Crippen LogP contribution is -1.94. The van der Waals surface area contributed by atoms with Gasteiger partial charge < -0.3 is 10.5 Å². The number of nitro groups is 1. The van der Waals surface area contributed by atoms with E-state index >= 15 is 0 Å². The Morgan fingerprint density at radius 3 is 2.82 bits per heavy atom. The predicted octanol–water partition coefficient (Wildman–Crippen LogP) is 1.10. The summed E-state index contributed by atoms with van der Waals surface area (Å²) in [5, 5.41) is 14.5. The lowest BCUT2D eigenvalue weighted by Gasteiger charge is -2.02. The van der Waals surface area contributed by atoms with E-state index in [0.717, 1.165) is 0 Å². The summed E-state index contributed by atoms with van der Waals surface area (Å²) in [6, 6.07) is 4.07. The zero-order chi connectivity index (χ0) is 12.4. The summed E-state index contributed by atoms with van der Waals surface area (Å²) < 4.78 is 6.70. The molecule has 0 bridgehead atoms. The van der Waals surface area contributed by atoms with E-state index in [0.29, 0.717) is 0 Å². The summed E-state index contributed by atoms with van der Waals surface area (Å²) in [7, 11) is 1.68. The fraction of sp³-hybridized carbons (Fsp3) is 0.111. The van der Waals surface area contributed by atoms with E-state index in [-0.39, 0.29) is 23.1 Å². The minimum atomic E-state index is -0.547. The molecule has 0 radical (unpaired) electrons. The van der Waals surface area contributed by atoms with E-state index in [9.17, 15) is 10.1 Å². The molecule has 0 fully saturated rings. The van der Waals surface area contributed by atoms with Gasteiger partial charge in [-0.15, -0.1) is 5.10 Å². The van der Waals surface area contributed by atoms with Crippen LogP contribution in [0, 0.1) is 10.1 Å². The van der Waals surface area contributed by atoms with Gasteiger partial charge in [-0.25, -0.2) is 0 Å². The first-order chi connectivity index (χ1) is 8.04. The maximum absolute atomic E-state index is 10.6. The lowest BCUT2D eigenvalue weighted by molar-refractivity contribution is -0.384. The van der Waals surface area contributed by atoms with Gasteiger partial charge in [-0.3, -0.25) is 14.8 Å². The fourth-order valence-corrected chi connectivity index (χ4v) is 1.24. The van der Waals surface area contributed by atoms with Gasteiger partial charge in [0.1, 0.15) is 12.1 Å². The Morgan fingerprint density at radius 1 is 1.47 bits per heavy atom. The fourth-order valence-electron chi connectivity index (χ4n) is 1.24. The molecule has 2 aromatic rings. The first kappa shape index (κ1) is 10.9. The number of aromatic nitrogens is 3. The molecule has 0 atom stereocenters. The Morgan fingerprint density at radius 2 is 2.24 bits per heavy atom. The second-order valence-electron chi connectivity index (χ2n) is 3.32. The van der Waals surface area contributed by atoms with E-state index in [1.54, 1.807) is 7.05 Å². The summed E-state index contributed by atoms with van der Waals surface area (Å²) in [4.78, 5) is 13.9. The molecular weight excluding hydrogens is 226 g/mol. The molecule has 2 N–H and O–H groups in total. The van der Waals surface area contributed by atoms with E-state index in [1.807, 2.05) is 0 Å². The number of rotatable bonds is 3. The number of nitro benzene ring substituents is 1. The molecule has 0 saturated heterocycles. The van der Waals surface area contributed by atoms with Gasteiger partial charge in [0.05, 0.1) is 11.0 Å². The molecule has 0 saturated carbocycles. The molecule has 0 spiro atoms. The molecule has 0 unspecified atom stereocenters. The van der Waals surface area contributed by atoms with E-state index < -0.39 is 4.92 Å². The number of hydrogen-bond donors (Lipinski definition) is 1. The number of hydrogen-bond acceptors (Lipinski definition) is 6. The number of anilines is 1. The molecule has 0 aliphatic rings. The monoisotopic (exact) mass is 235 g/mol.